The molecule has 154 valence electrons. The Morgan fingerprint density at radius 3 is 2.10 bits per heavy atom. The highest BCUT2D eigenvalue weighted by atomic mass is 16.5. The Morgan fingerprint density at radius 1 is 0.793 bits per heavy atom. The molecule has 1 fully saturated rings. The molecule has 0 atom stereocenters. The third kappa shape index (κ3) is 4.99. The molecule has 2 aromatic rings. The van der Waals surface area contributed by atoms with Crippen LogP contribution < -0.4 is 14.2 Å². The highest BCUT2D eigenvalue weighted by Crippen LogP contribution is 2.26. The first-order chi connectivity index (χ1) is 14.1. The number of para-hydroxylation sites is 3. The van der Waals surface area contributed by atoms with Gasteiger partial charge in [-0.25, -0.2) is 0 Å². The number of carbonyl (C=O) groups is 2. The number of ether oxygens (including phenoxy) is 3. The fourth-order valence-electron chi connectivity index (χ4n) is 3.33. The summed E-state index contributed by atoms with van der Waals surface area (Å²) < 4.78 is 16.2. The van der Waals surface area contributed by atoms with Crippen LogP contribution in [0.25, 0.3) is 0 Å². The molecule has 7 nitrogen and oxygen atoms in total. The second-order valence-electron chi connectivity index (χ2n) is 6.67. The molecular formula is C22H26N2O5. The van der Waals surface area contributed by atoms with Crippen LogP contribution in [0.2, 0.25) is 0 Å². The summed E-state index contributed by atoms with van der Waals surface area (Å²) in [5.41, 5.74) is 0.536. The summed E-state index contributed by atoms with van der Waals surface area (Å²) in [5.74, 6) is 1.49. The Labute approximate surface area is 170 Å². The van der Waals surface area contributed by atoms with Crippen LogP contribution >= 0.6 is 0 Å². The molecule has 3 rings (SSSR count). The van der Waals surface area contributed by atoms with Gasteiger partial charge in [0.1, 0.15) is 5.75 Å². The summed E-state index contributed by atoms with van der Waals surface area (Å²) in [6.07, 6.45) is 0.710. The Bertz CT molecular complexity index is 855. The largest absolute Gasteiger partial charge is 0.496 e. The van der Waals surface area contributed by atoms with Crippen molar-refractivity contribution in [2.75, 3.05) is 47.0 Å². The van der Waals surface area contributed by atoms with Gasteiger partial charge >= 0.3 is 0 Å². The van der Waals surface area contributed by atoms with Gasteiger partial charge in [0.25, 0.3) is 11.8 Å². The fraction of sp³-hybridized carbons (Fsp3) is 0.364. The molecule has 1 aliphatic heterocycles. The number of amides is 2. The lowest BCUT2D eigenvalue weighted by Gasteiger charge is -2.23. The van der Waals surface area contributed by atoms with Gasteiger partial charge in [-0.05, 0) is 30.7 Å². The van der Waals surface area contributed by atoms with Gasteiger partial charge in [0.15, 0.2) is 18.1 Å². The lowest BCUT2D eigenvalue weighted by Crippen LogP contribution is -2.39. The highest BCUT2D eigenvalue weighted by molar-refractivity contribution is 5.97. The van der Waals surface area contributed by atoms with Crippen molar-refractivity contribution in [2.24, 2.45) is 0 Å². The second-order valence-corrected chi connectivity index (χ2v) is 6.67. The first-order valence-electron chi connectivity index (χ1n) is 9.60. The van der Waals surface area contributed by atoms with Gasteiger partial charge in [-0.1, -0.05) is 24.3 Å². The van der Waals surface area contributed by atoms with Crippen molar-refractivity contribution in [1.82, 2.24) is 9.80 Å². The lowest BCUT2D eigenvalue weighted by atomic mass is 10.1. The quantitative estimate of drug-likeness (QED) is 0.748. The van der Waals surface area contributed by atoms with Crippen LogP contribution in [0.3, 0.4) is 0 Å². The molecule has 0 aromatic heterocycles. The Hall–Kier alpha value is -3.22. The van der Waals surface area contributed by atoms with Crippen LogP contribution in [0.15, 0.2) is 48.5 Å². The predicted molar refractivity (Wildman–Crippen MR) is 109 cm³/mol. The van der Waals surface area contributed by atoms with E-state index in [9.17, 15) is 9.59 Å². The van der Waals surface area contributed by atoms with Crippen molar-refractivity contribution in [3.05, 3.63) is 54.1 Å². The molecule has 2 amide bonds. The first-order valence-corrected chi connectivity index (χ1v) is 9.60. The van der Waals surface area contributed by atoms with Crippen molar-refractivity contribution in [1.29, 1.82) is 0 Å². The minimum atomic E-state index is -0.109. The van der Waals surface area contributed by atoms with E-state index in [2.05, 4.69) is 0 Å². The summed E-state index contributed by atoms with van der Waals surface area (Å²) in [6.45, 7) is 2.05. The van der Waals surface area contributed by atoms with E-state index in [1.54, 1.807) is 48.3 Å². The number of rotatable bonds is 6. The Balaban J connectivity index is 1.58. The molecule has 29 heavy (non-hydrogen) atoms. The SMILES string of the molecule is COc1ccccc1OCC(=O)N1CCCN(C(=O)c2ccccc2OC)CC1. The van der Waals surface area contributed by atoms with Crippen molar-refractivity contribution in [3.63, 3.8) is 0 Å². The lowest BCUT2D eigenvalue weighted by molar-refractivity contribution is -0.133. The maximum Gasteiger partial charge on any atom is 0.260 e. The molecule has 0 saturated carbocycles. The number of benzene rings is 2. The van der Waals surface area contributed by atoms with Crippen molar-refractivity contribution in [3.8, 4) is 17.2 Å². The van der Waals surface area contributed by atoms with E-state index >= 15 is 0 Å². The van der Waals surface area contributed by atoms with Crippen LogP contribution in [-0.4, -0.2) is 68.6 Å². The van der Waals surface area contributed by atoms with Gasteiger partial charge in [0.05, 0.1) is 19.8 Å². The van der Waals surface area contributed by atoms with Crippen molar-refractivity contribution >= 4 is 11.8 Å². The predicted octanol–water partition coefficient (Wildman–Crippen LogP) is 2.46. The van der Waals surface area contributed by atoms with Crippen LogP contribution in [0.1, 0.15) is 16.8 Å². The monoisotopic (exact) mass is 398 g/mol. The average Bonchev–Trinajstić information content (AvgIpc) is 3.03. The smallest absolute Gasteiger partial charge is 0.260 e. The minimum Gasteiger partial charge on any atom is -0.496 e. The van der Waals surface area contributed by atoms with E-state index in [1.165, 1.54) is 0 Å². The van der Waals surface area contributed by atoms with E-state index in [4.69, 9.17) is 14.2 Å². The topological polar surface area (TPSA) is 68.3 Å². The molecule has 1 heterocycles. The van der Waals surface area contributed by atoms with Gasteiger partial charge in [-0.15, -0.1) is 0 Å². The summed E-state index contributed by atoms with van der Waals surface area (Å²) in [5, 5.41) is 0. The van der Waals surface area contributed by atoms with Gasteiger partial charge in [-0.2, -0.15) is 0 Å². The standard InChI is InChI=1S/C22H26N2O5/c1-27-18-9-4-3-8-17(18)22(26)24-13-7-12-23(14-15-24)21(25)16-29-20-11-6-5-10-19(20)28-2/h3-6,8-11H,7,12-16H2,1-2H3. The molecule has 1 saturated heterocycles. The molecule has 7 heteroatoms. The van der Waals surface area contributed by atoms with E-state index < -0.39 is 0 Å². The molecule has 0 unspecified atom stereocenters. The maximum atomic E-state index is 12.9. The average molecular weight is 398 g/mol. The Kier molecular flexibility index (Phi) is 6.94. The number of hydrogen-bond donors (Lipinski definition) is 0. The fourth-order valence-corrected chi connectivity index (χ4v) is 3.33. The molecule has 2 aromatic carbocycles. The summed E-state index contributed by atoms with van der Waals surface area (Å²) in [7, 11) is 3.11. The van der Waals surface area contributed by atoms with E-state index in [-0.39, 0.29) is 18.4 Å². The number of carbonyl (C=O) groups excluding carboxylic acids is 2. The zero-order valence-electron chi connectivity index (χ0n) is 16.8. The van der Waals surface area contributed by atoms with Gasteiger partial charge in [-0.3, -0.25) is 9.59 Å². The van der Waals surface area contributed by atoms with E-state index in [1.807, 2.05) is 24.3 Å². The van der Waals surface area contributed by atoms with Crippen LogP contribution in [-0.2, 0) is 4.79 Å². The minimum absolute atomic E-state index is 0.0686. The molecule has 0 aliphatic carbocycles. The van der Waals surface area contributed by atoms with Crippen LogP contribution in [0.5, 0.6) is 17.2 Å². The maximum absolute atomic E-state index is 12.9. The molecule has 0 spiro atoms. The van der Waals surface area contributed by atoms with Gasteiger partial charge < -0.3 is 24.0 Å². The number of nitrogens with zero attached hydrogens (tertiary/aromatic N) is 2. The summed E-state index contributed by atoms with van der Waals surface area (Å²) >= 11 is 0. The zero-order valence-corrected chi connectivity index (χ0v) is 16.8. The zero-order chi connectivity index (χ0) is 20.6. The van der Waals surface area contributed by atoms with E-state index in [0.29, 0.717) is 55.4 Å². The third-order valence-electron chi connectivity index (χ3n) is 4.89. The Morgan fingerprint density at radius 2 is 1.38 bits per heavy atom. The molecule has 1 aliphatic rings. The molecule has 0 bridgehead atoms. The van der Waals surface area contributed by atoms with Crippen molar-refractivity contribution < 1.29 is 23.8 Å². The highest BCUT2D eigenvalue weighted by Gasteiger charge is 2.24. The summed E-state index contributed by atoms with van der Waals surface area (Å²) in [4.78, 5) is 29.0. The van der Waals surface area contributed by atoms with Gasteiger partial charge in [0, 0.05) is 26.2 Å². The number of hydrogen-bond acceptors (Lipinski definition) is 5. The van der Waals surface area contributed by atoms with Gasteiger partial charge in [0.2, 0.25) is 0 Å². The van der Waals surface area contributed by atoms with Crippen LogP contribution in [0.4, 0.5) is 0 Å². The molecule has 0 N–H and O–H groups in total. The molecular weight excluding hydrogens is 372 g/mol. The summed E-state index contributed by atoms with van der Waals surface area (Å²) in [6, 6.07) is 14.4. The number of methoxy groups -OCH3 is 2. The third-order valence-corrected chi connectivity index (χ3v) is 4.89. The van der Waals surface area contributed by atoms with E-state index in [0.717, 1.165) is 0 Å². The van der Waals surface area contributed by atoms with Crippen LogP contribution in [0, 0.1) is 0 Å². The first kappa shape index (κ1) is 20.5. The molecule has 0 radical (unpaired) electrons. The van der Waals surface area contributed by atoms with Crippen molar-refractivity contribution in [2.45, 2.75) is 6.42 Å². The second kappa shape index (κ2) is 9.82. The normalized spacial score (nSPS) is 14.1.